The molecule has 0 saturated carbocycles. The molecule has 0 aliphatic rings. The van der Waals surface area contributed by atoms with Crippen molar-refractivity contribution in [1.29, 1.82) is 0 Å². The maximum Gasteiger partial charge on any atom is 0.278 e. The number of benzene rings is 1. The molecule has 0 amide bonds. The van der Waals surface area contributed by atoms with E-state index in [1.807, 2.05) is 31.2 Å². The van der Waals surface area contributed by atoms with Crippen LogP contribution in [0.3, 0.4) is 0 Å². The van der Waals surface area contributed by atoms with Gasteiger partial charge in [-0.3, -0.25) is 9.78 Å². The van der Waals surface area contributed by atoms with Gasteiger partial charge in [0.25, 0.3) is 5.56 Å². The van der Waals surface area contributed by atoms with Crippen molar-refractivity contribution in [2.75, 3.05) is 7.11 Å². The Morgan fingerprint density at radius 1 is 1.24 bits per heavy atom. The van der Waals surface area contributed by atoms with Crippen molar-refractivity contribution >= 4 is 10.9 Å². The second kappa shape index (κ2) is 5.01. The Kier molecular flexibility index (Phi) is 3.17. The van der Waals surface area contributed by atoms with E-state index in [1.165, 1.54) is 11.8 Å². The smallest absolute Gasteiger partial charge is 0.278 e. The van der Waals surface area contributed by atoms with Crippen molar-refractivity contribution in [3.63, 3.8) is 0 Å². The summed E-state index contributed by atoms with van der Waals surface area (Å²) < 4.78 is 6.61. The molecular weight excluding hydrogens is 266 g/mol. The predicted molar refractivity (Wildman–Crippen MR) is 81.5 cm³/mol. The fraction of sp³-hybridized carbons (Fsp3) is 0.188. The lowest BCUT2D eigenvalue weighted by Gasteiger charge is -2.11. The highest BCUT2D eigenvalue weighted by Gasteiger charge is 2.16. The molecule has 106 valence electrons. The molecule has 0 fully saturated rings. The number of hydrogen-bond donors (Lipinski definition) is 0. The summed E-state index contributed by atoms with van der Waals surface area (Å²) in [4.78, 5) is 16.9. The Morgan fingerprint density at radius 2 is 2.05 bits per heavy atom. The van der Waals surface area contributed by atoms with E-state index >= 15 is 0 Å². The van der Waals surface area contributed by atoms with E-state index in [9.17, 15) is 4.79 Å². The first-order valence-corrected chi connectivity index (χ1v) is 6.58. The molecule has 5 heteroatoms. The summed E-state index contributed by atoms with van der Waals surface area (Å²) in [5, 5.41) is 5.02. The van der Waals surface area contributed by atoms with Gasteiger partial charge in [0.1, 0.15) is 0 Å². The lowest BCUT2D eigenvalue weighted by molar-refractivity contribution is 0.410. The summed E-state index contributed by atoms with van der Waals surface area (Å²) >= 11 is 0. The highest BCUT2D eigenvalue weighted by atomic mass is 16.5. The molecule has 0 saturated heterocycles. The minimum atomic E-state index is -0.204. The Balaban J connectivity index is 2.45. The van der Waals surface area contributed by atoms with Gasteiger partial charge in [0.2, 0.25) is 0 Å². The normalized spacial score (nSPS) is 10.8. The van der Waals surface area contributed by atoms with Gasteiger partial charge in [-0.25, -0.2) is 4.68 Å². The first-order chi connectivity index (χ1) is 10.1. The van der Waals surface area contributed by atoms with Gasteiger partial charge in [0.15, 0.2) is 5.75 Å². The van der Waals surface area contributed by atoms with Crippen molar-refractivity contribution in [1.82, 2.24) is 14.8 Å². The van der Waals surface area contributed by atoms with Crippen molar-refractivity contribution in [3.8, 4) is 16.9 Å². The largest absolute Gasteiger partial charge is 0.494 e. The van der Waals surface area contributed by atoms with Gasteiger partial charge < -0.3 is 4.74 Å². The number of nitrogens with zero attached hydrogens (tertiary/aromatic N) is 3. The van der Waals surface area contributed by atoms with Gasteiger partial charge >= 0.3 is 0 Å². The fourth-order valence-corrected chi connectivity index (χ4v) is 2.44. The molecule has 0 aliphatic carbocycles. The third-order valence-electron chi connectivity index (χ3n) is 3.58. The van der Waals surface area contributed by atoms with E-state index in [-0.39, 0.29) is 5.56 Å². The monoisotopic (exact) mass is 281 g/mol. The van der Waals surface area contributed by atoms with Crippen LogP contribution in [0.15, 0.2) is 41.5 Å². The average molecular weight is 281 g/mol. The number of pyridine rings is 1. The lowest BCUT2D eigenvalue weighted by Crippen LogP contribution is -2.21. The quantitative estimate of drug-likeness (QED) is 0.723. The molecule has 2 aromatic heterocycles. The van der Waals surface area contributed by atoms with Gasteiger partial charge in [-0.2, -0.15) is 5.10 Å². The molecule has 0 unspecified atom stereocenters. The first-order valence-electron chi connectivity index (χ1n) is 6.58. The summed E-state index contributed by atoms with van der Waals surface area (Å²) in [6.07, 6.45) is 3.27. The van der Waals surface area contributed by atoms with Crippen LogP contribution in [0.4, 0.5) is 0 Å². The van der Waals surface area contributed by atoms with E-state index in [4.69, 9.17) is 4.74 Å². The molecule has 3 rings (SSSR count). The highest BCUT2D eigenvalue weighted by Crippen LogP contribution is 2.32. The van der Waals surface area contributed by atoms with Gasteiger partial charge in [0.05, 0.1) is 24.4 Å². The second-order valence-corrected chi connectivity index (χ2v) is 4.85. The molecule has 0 aliphatic heterocycles. The number of ether oxygens (including phenoxy) is 1. The number of methoxy groups -OCH3 is 1. The van der Waals surface area contributed by atoms with Crippen LogP contribution in [0.2, 0.25) is 0 Å². The Morgan fingerprint density at radius 3 is 2.81 bits per heavy atom. The molecule has 3 aromatic rings. The summed E-state index contributed by atoms with van der Waals surface area (Å²) in [5.74, 6) is 0.453. The zero-order valence-corrected chi connectivity index (χ0v) is 12.1. The van der Waals surface area contributed by atoms with Crippen LogP contribution in [-0.2, 0) is 7.05 Å². The molecule has 5 nitrogen and oxygen atoms in total. The van der Waals surface area contributed by atoms with Crippen molar-refractivity contribution in [2.45, 2.75) is 6.92 Å². The average Bonchev–Trinajstić information content (AvgIpc) is 2.51. The molecule has 0 bridgehead atoms. The maximum atomic E-state index is 12.5. The topological polar surface area (TPSA) is 57.0 Å². The van der Waals surface area contributed by atoms with Gasteiger partial charge in [0, 0.05) is 24.2 Å². The molecular formula is C16H15N3O2. The van der Waals surface area contributed by atoms with Crippen LogP contribution in [0, 0.1) is 6.92 Å². The standard InChI is InChI=1S/C16H15N3O2/c1-10-6-7-12(15-11(10)5-4-8-17-15)14-13(21-3)9-18-19(2)16(14)20/h4-9H,1-3H3. The second-order valence-electron chi connectivity index (χ2n) is 4.85. The number of rotatable bonds is 2. The maximum absolute atomic E-state index is 12.5. The molecule has 0 N–H and O–H groups in total. The molecule has 0 spiro atoms. The Bertz CT molecular complexity index is 884. The van der Waals surface area contributed by atoms with Crippen molar-refractivity contribution < 1.29 is 4.74 Å². The third kappa shape index (κ3) is 2.07. The minimum absolute atomic E-state index is 0.204. The van der Waals surface area contributed by atoms with Crippen LogP contribution >= 0.6 is 0 Å². The van der Waals surface area contributed by atoms with Crippen LogP contribution in [0.25, 0.3) is 22.0 Å². The Labute approximate surface area is 121 Å². The lowest BCUT2D eigenvalue weighted by atomic mass is 10.00. The molecule has 2 heterocycles. The van der Waals surface area contributed by atoms with Crippen LogP contribution in [0.5, 0.6) is 5.75 Å². The number of hydrogen-bond acceptors (Lipinski definition) is 4. The van der Waals surface area contributed by atoms with Gasteiger partial charge in [-0.15, -0.1) is 0 Å². The van der Waals surface area contributed by atoms with Gasteiger partial charge in [-0.1, -0.05) is 18.2 Å². The van der Waals surface area contributed by atoms with E-state index in [1.54, 1.807) is 19.4 Å². The summed E-state index contributed by atoms with van der Waals surface area (Å²) in [5.41, 5.74) is 2.95. The summed E-state index contributed by atoms with van der Waals surface area (Å²) in [6.45, 7) is 2.02. The highest BCUT2D eigenvalue weighted by molar-refractivity contribution is 5.96. The Hall–Kier alpha value is -2.69. The summed E-state index contributed by atoms with van der Waals surface area (Å²) in [6, 6.07) is 7.78. The van der Waals surface area contributed by atoms with Crippen LogP contribution in [-0.4, -0.2) is 21.9 Å². The zero-order valence-electron chi connectivity index (χ0n) is 12.1. The van der Waals surface area contributed by atoms with E-state index in [2.05, 4.69) is 10.1 Å². The van der Waals surface area contributed by atoms with E-state index in [0.29, 0.717) is 11.3 Å². The van der Waals surface area contributed by atoms with Crippen molar-refractivity contribution in [2.24, 2.45) is 7.05 Å². The van der Waals surface area contributed by atoms with Gasteiger partial charge in [-0.05, 0) is 18.6 Å². The zero-order chi connectivity index (χ0) is 15.0. The molecule has 0 atom stereocenters. The minimum Gasteiger partial charge on any atom is -0.494 e. The fourth-order valence-electron chi connectivity index (χ4n) is 2.44. The molecule has 21 heavy (non-hydrogen) atoms. The number of aryl methyl sites for hydroxylation is 2. The SMILES string of the molecule is COc1cnn(C)c(=O)c1-c1ccc(C)c2cccnc12. The first kappa shape index (κ1) is 13.3. The predicted octanol–water partition coefficient (Wildman–Crippen LogP) is 2.31. The number of aromatic nitrogens is 3. The third-order valence-corrected chi connectivity index (χ3v) is 3.58. The van der Waals surface area contributed by atoms with E-state index in [0.717, 1.165) is 22.0 Å². The van der Waals surface area contributed by atoms with Crippen LogP contribution in [0.1, 0.15) is 5.56 Å². The van der Waals surface area contributed by atoms with E-state index < -0.39 is 0 Å². The molecule has 0 radical (unpaired) electrons. The number of fused-ring (bicyclic) bond motifs is 1. The van der Waals surface area contributed by atoms with Crippen LogP contribution < -0.4 is 10.3 Å². The molecule has 1 aromatic carbocycles. The summed E-state index contributed by atoms with van der Waals surface area (Å²) in [7, 11) is 3.15. The van der Waals surface area contributed by atoms with Crippen molar-refractivity contribution in [3.05, 3.63) is 52.6 Å².